The third kappa shape index (κ3) is 2.51. The molecule has 2 heterocycles. The largest absolute Gasteiger partial charge is 0.389 e. The van der Waals surface area contributed by atoms with Crippen molar-refractivity contribution in [2.45, 2.75) is 12.4 Å². The van der Waals surface area contributed by atoms with Gasteiger partial charge in [-0.2, -0.15) is 0 Å². The summed E-state index contributed by atoms with van der Waals surface area (Å²) in [6.07, 6.45) is -0.420. The van der Waals surface area contributed by atoms with E-state index >= 15 is 0 Å². The monoisotopic (exact) mass is 295 g/mol. The van der Waals surface area contributed by atoms with E-state index in [0.717, 1.165) is 16.8 Å². The maximum Gasteiger partial charge on any atom is 0.184 e. The van der Waals surface area contributed by atoms with Crippen molar-refractivity contribution in [2.75, 3.05) is 13.2 Å². The molecule has 4 heteroatoms. The molecule has 4 nitrogen and oxygen atoms in total. The van der Waals surface area contributed by atoms with E-state index in [-0.39, 0.29) is 18.3 Å². The fourth-order valence-electron chi connectivity index (χ4n) is 2.87. The molecule has 1 fully saturated rings. The Kier molecular flexibility index (Phi) is 3.62. The molecule has 0 aliphatic carbocycles. The lowest BCUT2D eigenvalue weighted by Gasteiger charge is -2.16. The first-order valence-electron chi connectivity index (χ1n) is 7.49. The molecular weight excluding hydrogens is 278 g/mol. The zero-order valence-electron chi connectivity index (χ0n) is 12.1. The van der Waals surface area contributed by atoms with E-state index in [1.165, 1.54) is 0 Å². The molecule has 0 radical (unpaired) electrons. The predicted octanol–water partition coefficient (Wildman–Crippen LogP) is 3.15. The summed E-state index contributed by atoms with van der Waals surface area (Å²) in [7, 11) is 0. The normalized spacial score (nSPS) is 27.5. The Labute approximate surface area is 129 Å². The van der Waals surface area contributed by atoms with E-state index in [1.807, 2.05) is 60.7 Å². The Hall–Kier alpha value is -2.17. The highest BCUT2D eigenvalue weighted by Crippen LogP contribution is 2.31. The molecule has 2 aromatic rings. The summed E-state index contributed by atoms with van der Waals surface area (Å²) in [4.78, 5) is 5.57. The fraction of sp³-hybridized carbons (Fsp3) is 0.278. The van der Waals surface area contributed by atoms with Crippen molar-refractivity contribution in [3.63, 3.8) is 0 Å². The Balaban J connectivity index is 1.53. The van der Waals surface area contributed by atoms with Crippen LogP contribution in [0.4, 0.5) is 0 Å². The van der Waals surface area contributed by atoms with Gasteiger partial charge in [0.15, 0.2) is 12.4 Å². The average Bonchev–Trinajstić information content (AvgIpc) is 2.88. The van der Waals surface area contributed by atoms with E-state index in [4.69, 9.17) is 14.3 Å². The van der Waals surface area contributed by atoms with Crippen LogP contribution in [0.3, 0.4) is 0 Å². The highest BCUT2D eigenvalue weighted by Gasteiger charge is 2.39. The molecule has 22 heavy (non-hydrogen) atoms. The maximum absolute atomic E-state index is 5.97. The first-order chi connectivity index (χ1) is 10.9. The standard InChI is InChI=1S/C18H17NO3/c1-3-7-13(8-4-1)17-15-11-20-18(14-9-5-2-6-10-14)21-12-16(15)22-19-17/h1-10,15-16,18H,11-12H2/t15-,16+,18-/m1/s1. The Morgan fingerprint density at radius 2 is 1.50 bits per heavy atom. The first kappa shape index (κ1) is 13.5. The number of benzene rings is 2. The summed E-state index contributed by atoms with van der Waals surface area (Å²) < 4.78 is 11.8. The average molecular weight is 295 g/mol. The number of hydrogen-bond donors (Lipinski definition) is 0. The molecule has 0 unspecified atom stereocenters. The van der Waals surface area contributed by atoms with Crippen LogP contribution in [0.25, 0.3) is 0 Å². The Bertz CT molecular complexity index is 657. The number of rotatable bonds is 2. The molecule has 1 saturated heterocycles. The fourth-order valence-corrected chi connectivity index (χ4v) is 2.87. The lowest BCUT2D eigenvalue weighted by Crippen LogP contribution is -2.29. The summed E-state index contributed by atoms with van der Waals surface area (Å²) in [5.74, 6) is 0.108. The molecule has 112 valence electrons. The number of nitrogens with zero attached hydrogens (tertiary/aromatic N) is 1. The van der Waals surface area contributed by atoms with Crippen LogP contribution in [0.5, 0.6) is 0 Å². The summed E-state index contributed by atoms with van der Waals surface area (Å²) in [5.41, 5.74) is 3.06. The summed E-state index contributed by atoms with van der Waals surface area (Å²) in [5, 5.41) is 4.25. The predicted molar refractivity (Wildman–Crippen MR) is 82.4 cm³/mol. The molecule has 0 N–H and O–H groups in total. The summed E-state index contributed by atoms with van der Waals surface area (Å²) >= 11 is 0. The van der Waals surface area contributed by atoms with Gasteiger partial charge in [-0.05, 0) is 5.56 Å². The molecule has 2 aliphatic rings. The SMILES string of the molecule is c1ccc(C2=NO[C@H]3CO[C@H](c4ccccc4)OC[C@@H]23)cc1. The van der Waals surface area contributed by atoms with Gasteiger partial charge in [0, 0.05) is 5.56 Å². The van der Waals surface area contributed by atoms with Crippen LogP contribution in [-0.2, 0) is 14.3 Å². The zero-order valence-corrected chi connectivity index (χ0v) is 12.1. The third-order valence-electron chi connectivity index (χ3n) is 4.07. The lowest BCUT2D eigenvalue weighted by molar-refractivity contribution is -0.139. The molecule has 2 aliphatic heterocycles. The van der Waals surface area contributed by atoms with Crippen LogP contribution in [-0.4, -0.2) is 25.0 Å². The zero-order chi connectivity index (χ0) is 14.8. The van der Waals surface area contributed by atoms with Crippen LogP contribution in [0.1, 0.15) is 17.4 Å². The van der Waals surface area contributed by atoms with Crippen LogP contribution >= 0.6 is 0 Å². The van der Waals surface area contributed by atoms with Crippen LogP contribution < -0.4 is 0 Å². The van der Waals surface area contributed by atoms with Crippen molar-refractivity contribution < 1.29 is 14.3 Å². The van der Waals surface area contributed by atoms with E-state index in [9.17, 15) is 0 Å². The molecule has 0 bridgehead atoms. The van der Waals surface area contributed by atoms with E-state index in [0.29, 0.717) is 13.2 Å². The lowest BCUT2D eigenvalue weighted by atomic mass is 9.93. The van der Waals surface area contributed by atoms with Crippen molar-refractivity contribution in [1.82, 2.24) is 0 Å². The van der Waals surface area contributed by atoms with Gasteiger partial charge >= 0.3 is 0 Å². The molecule has 4 rings (SSSR count). The van der Waals surface area contributed by atoms with Crippen LogP contribution in [0.15, 0.2) is 65.8 Å². The highest BCUT2D eigenvalue weighted by atomic mass is 16.7. The van der Waals surface area contributed by atoms with Gasteiger partial charge in [-0.25, -0.2) is 0 Å². The minimum absolute atomic E-state index is 0.0797. The molecule has 3 atom stereocenters. The van der Waals surface area contributed by atoms with Gasteiger partial charge < -0.3 is 14.3 Å². The summed E-state index contributed by atoms with van der Waals surface area (Å²) in [6, 6.07) is 20.1. The maximum atomic E-state index is 5.97. The van der Waals surface area contributed by atoms with Gasteiger partial charge in [-0.1, -0.05) is 65.8 Å². The van der Waals surface area contributed by atoms with Gasteiger partial charge in [0.05, 0.1) is 24.8 Å². The van der Waals surface area contributed by atoms with Crippen molar-refractivity contribution >= 4 is 5.71 Å². The van der Waals surface area contributed by atoms with Crippen molar-refractivity contribution in [2.24, 2.45) is 11.1 Å². The van der Waals surface area contributed by atoms with E-state index in [2.05, 4.69) is 5.16 Å². The van der Waals surface area contributed by atoms with Gasteiger partial charge in [-0.3, -0.25) is 0 Å². The summed E-state index contributed by atoms with van der Waals surface area (Å²) in [6.45, 7) is 1.02. The molecule has 0 amide bonds. The third-order valence-corrected chi connectivity index (χ3v) is 4.07. The quantitative estimate of drug-likeness (QED) is 0.854. The van der Waals surface area contributed by atoms with Gasteiger partial charge in [-0.15, -0.1) is 0 Å². The second-order valence-electron chi connectivity index (χ2n) is 5.50. The minimum Gasteiger partial charge on any atom is -0.389 e. The minimum atomic E-state index is -0.340. The Morgan fingerprint density at radius 1 is 0.818 bits per heavy atom. The molecule has 2 aromatic carbocycles. The Morgan fingerprint density at radius 3 is 2.27 bits per heavy atom. The second kappa shape index (κ2) is 5.91. The smallest absolute Gasteiger partial charge is 0.184 e. The number of fused-ring (bicyclic) bond motifs is 1. The van der Waals surface area contributed by atoms with Gasteiger partial charge in [0.25, 0.3) is 0 Å². The van der Waals surface area contributed by atoms with Crippen molar-refractivity contribution in [3.05, 3.63) is 71.8 Å². The van der Waals surface area contributed by atoms with Gasteiger partial charge in [0.2, 0.25) is 0 Å². The molecule has 0 aromatic heterocycles. The van der Waals surface area contributed by atoms with E-state index in [1.54, 1.807) is 0 Å². The van der Waals surface area contributed by atoms with Crippen LogP contribution in [0.2, 0.25) is 0 Å². The number of ether oxygens (including phenoxy) is 2. The van der Waals surface area contributed by atoms with Crippen molar-refractivity contribution in [3.8, 4) is 0 Å². The molecule has 0 spiro atoms. The molecule has 0 saturated carbocycles. The number of oxime groups is 1. The highest BCUT2D eigenvalue weighted by molar-refractivity contribution is 6.03. The molecular formula is C18H17NO3. The second-order valence-corrected chi connectivity index (χ2v) is 5.50. The van der Waals surface area contributed by atoms with Crippen LogP contribution in [0, 0.1) is 5.92 Å². The van der Waals surface area contributed by atoms with Crippen molar-refractivity contribution in [1.29, 1.82) is 0 Å². The van der Waals surface area contributed by atoms with E-state index < -0.39 is 0 Å². The topological polar surface area (TPSA) is 40.0 Å². The van der Waals surface area contributed by atoms with Gasteiger partial charge in [0.1, 0.15) is 0 Å². The first-order valence-corrected chi connectivity index (χ1v) is 7.49. The number of hydrogen-bond acceptors (Lipinski definition) is 4.